The molecule has 0 aliphatic heterocycles. The van der Waals surface area contributed by atoms with Gasteiger partial charge in [0.2, 0.25) is 5.91 Å². The number of para-hydroxylation sites is 1. The van der Waals surface area contributed by atoms with Crippen LogP contribution in [0.4, 0.5) is 0 Å². The number of aryl methyl sites for hydroxylation is 2. The van der Waals surface area contributed by atoms with Gasteiger partial charge in [0.15, 0.2) is 0 Å². The first-order chi connectivity index (χ1) is 10.7. The number of nitrogens with zero attached hydrogens (tertiary/aromatic N) is 1. The Labute approximate surface area is 130 Å². The summed E-state index contributed by atoms with van der Waals surface area (Å²) >= 11 is 0. The van der Waals surface area contributed by atoms with Gasteiger partial charge in [-0.1, -0.05) is 23.4 Å². The van der Waals surface area contributed by atoms with Crippen molar-refractivity contribution in [3.05, 3.63) is 47.3 Å². The Bertz CT molecular complexity index is 574. The summed E-state index contributed by atoms with van der Waals surface area (Å²) in [6, 6.07) is 9.61. The van der Waals surface area contributed by atoms with Gasteiger partial charge in [-0.3, -0.25) is 4.79 Å². The van der Waals surface area contributed by atoms with E-state index in [-0.39, 0.29) is 5.91 Å². The first kappa shape index (κ1) is 16.1. The number of carbonyl (C=O) groups is 1. The lowest BCUT2D eigenvalue weighted by molar-refractivity contribution is -0.121. The second-order valence-electron chi connectivity index (χ2n) is 5.17. The Morgan fingerprint density at radius 3 is 2.73 bits per heavy atom. The van der Waals surface area contributed by atoms with Gasteiger partial charge in [0, 0.05) is 18.5 Å². The van der Waals surface area contributed by atoms with Crippen LogP contribution in [0.3, 0.4) is 0 Å². The van der Waals surface area contributed by atoms with Crippen molar-refractivity contribution < 1.29 is 14.1 Å². The van der Waals surface area contributed by atoms with Crippen molar-refractivity contribution in [1.29, 1.82) is 0 Å². The van der Waals surface area contributed by atoms with E-state index in [1.54, 1.807) is 0 Å². The van der Waals surface area contributed by atoms with Crippen LogP contribution < -0.4 is 10.1 Å². The first-order valence-corrected chi connectivity index (χ1v) is 7.53. The smallest absolute Gasteiger partial charge is 0.220 e. The average molecular weight is 302 g/mol. The largest absolute Gasteiger partial charge is 0.494 e. The molecule has 0 fully saturated rings. The predicted octanol–water partition coefficient (Wildman–Crippen LogP) is 2.81. The van der Waals surface area contributed by atoms with Crippen molar-refractivity contribution in [2.45, 2.75) is 33.1 Å². The minimum Gasteiger partial charge on any atom is -0.494 e. The van der Waals surface area contributed by atoms with Gasteiger partial charge in [-0.2, -0.15) is 0 Å². The molecule has 1 aromatic heterocycles. The van der Waals surface area contributed by atoms with Crippen LogP contribution in [0, 0.1) is 13.8 Å². The highest BCUT2D eigenvalue weighted by Gasteiger charge is 2.09. The van der Waals surface area contributed by atoms with Gasteiger partial charge >= 0.3 is 0 Å². The number of hydrogen-bond donors (Lipinski definition) is 1. The SMILES string of the molecule is Cc1noc(C)c1CCNC(=O)CCCOc1ccccc1. The molecular weight excluding hydrogens is 280 g/mol. The summed E-state index contributed by atoms with van der Waals surface area (Å²) in [5.41, 5.74) is 1.97. The number of carbonyl (C=O) groups excluding carboxylic acids is 1. The molecule has 0 atom stereocenters. The van der Waals surface area contributed by atoms with E-state index in [2.05, 4.69) is 10.5 Å². The summed E-state index contributed by atoms with van der Waals surface area (Å²) in [4.78, 5) is 11.7. The van der Waals surface area contributed by atoms with Gasteiger partial charge in [0.25, 0.3) is 0 Å². The van der Waals surface area contributed by atoms with Gasteiger partial charge in [-0.15, -0.1) is 0 Å². The number of hydrogen-bond acceptors (Lipinski definition) is 4. The van der Waals surface area contributed by atoms with Crippen LogP contribution in [0.1, 0.15) is 29.9 Å². The highest BCUT2D eigenvalue weighted by molar-refractivity contribution is 5.75. The van der Waals surface area contributed by atoms with Crippen molar-refractivity contribution in [3.63, 3.8) is 0 Å². The van der Waals surface area contributed by atoms with Crippen LogP contribution >= 0.6 is 0 Å². The molecule has 1 aromatic carbocycles. The predicted molar refractivity (Wildman–Crippen MR) is 83.9 cm³/mol. The maximum absolute atomic E-state index is 11.7. The molecule has 2 rings (SSSR count). The number of rotatable bonds is 8. The first-order valence-electron chi connectivity index (χ1n) is 7.53. The van der Waals surface area contributed by atoms with Crippen molar-refractivity contribution in [3.8, 4) is 5.75 Å². The summed E-state index contributed by atoms with van der Waals surface area (Å²) < 4.78 is 10.6. The van der Waals surface area contributed by atoms with E-state index < -0.39 is 0 Å². The Hall–Kier alpha value is -2.30. The Kier molecular flexibility index (Phi) is 6.01. The van der Waals surface area contributed by atoms with E-state index in [1.807, 2.05) is 44.2 Å². The molecule has 0 saturated carbocycles. The third kappa shape index (κ3) is 4.91. The van der Waals surface area contributed by atoms with Crippen molar-refractivity contribution in [2.24, 2.45) is 0 Å². The Balaban J connectivity index is 1.58. The van der Waals surface area contributed by atoms with E-state index in [0.29, 0.717) is 26.0 Å². The van der Waals surface area contributed by atoms with Crippen molar-refractivity contribution >= 4 is 5.91 Å². The van der Waals surface area contributed by atoms with Gasteiger partial charge in [-0.05, 0) is 38.8 Å². The fraction of sp³-hybridized carbons (Fsp3) is 0.412. The van der Waals surface area contributed by atoms with Gasteiger partial charge in [0.05, 0.1) is 12.3 Å². The zero-order valence-electron chi connectivity index (χ0n) is 13.1. The molecule has 0 radical (unpaired) electrons. The molecule has 1 amide bonds. The standard InChI is InChI=1S/C17H22N2O3/c1-13-16(14(2)22-19-13)10-11-18-17(20)9-6-12-21-15-7-4-3-5-8-15/h3-5,7-8H,6,9-12H2,1-2H3,(H,18,20). The lowest BCUT2D eigenvalue weighted by Crippen LogP contribution is -2.26. The fourth-order valence-electron chi connectivity index (χ4n) is 2.21. The van der Waals surface area contributed by atoms with E-state index in [9.17, 15) is 4.79 Å². The number of ether oxygens (including phenoxy) is 1. The molecule has 5 heteroatoms. The fourth-order valence-corrected chi connectivity index (χ4v) is 2.21. The molecular formula is C17H22N2O3. The van der Waals surface area contributed by atoms with Crippen LogP contribution in [0.5, 0.6) is 5.75 Å². The van der Waals surface area contributed by atoms with E-state index in [1.165, 1.54) is 0 Å². The van der Waals surface area contributed by atoms with Gasteiger partial charge < -0.3 is 14.6 Å². The minimum absolute atomic E-state index is 0.0448. The Morgan fingerprint density at radius 1 is 1.27 bits per heavy atom. The zero-order chi connectivity index (χ0) is 15.8. The summed E-state index contributed by atoms with van der Waals surface area (Å²) in [6.07, 6.45) is 1.91. The van der Waals surface area contributed by atoms with Crippen molar-refractivity contribution in [1.82, 2.24) is 10.5 Å². The van der Waals surface area contributed by atoms with Crippen LogP contribution in [-0.2, 0) is 11.2 Å². The third-order valence-electron chi connectivity index (χ3n) is 3.44. The molecule has 0 spiro atoms. The molecule has 1 N–H and O–H groups in total. The van der Waals surface area contributed by atoms with E-state index in [4.69, 9.17) is 9.26 Å². The third-order valence-corrected chi connectivity index (χ3v) is 3.44. The lowest BCUT2D eigenvalue weighted by atomic mass is 10.1. The molecule has 0 bridgehead atoms. The maximum Gasteiger partial charge on any atom is 0.220 e. The quantitative estimate of drug-likeness (QED) is 0.762. The summed E-state index contributed by atoms with van der Waals surface area (Å²) in [7, 11) is 0. The highest BCUT2D eigenvalue weighted by Crippen LogP contribution is 2.12. The summed E-state index contributed by atoms with van der Waals surface area (Å²) in [5.74, 6) is 1.70. The molecule has 0 aliphatic carbocycles. The summed E-state index contributed by atoms with van der Waals surface area (Å²) in [6.45, 7) is 4.94. The van der Waals surface area contributed by atoms with Crippen LogP contribution in [0.25, 0.3) is 0 Å². The van der Waals surface area contributed by atoms with Crippen LogP contribution in [0.15, 0.2) is 34.9 Å². The van der Waals surface area contributed by atoms with Gasteiger partial charge in [0.1, 0.15) is 11.5 Å². The number of nitrogens with one attached hydrogen (secondary N) is 1. The van der Waals surface area contributed by atoms with Gasteiger partial charge in [-0.25, -0.2) is 0 Å². The van der Waals surface area contributed by atoms with E-state index in [0.717, 1.165) is 29.2 Å². The maximum atomic E-state index is 11.7. The summed E-state index contributed by atoms with van der Waals surface area (Å²) in [5, 5.41) is 6.81. The molecule has 2 aromatic rings. The van der Waals surface area contributed by atoms with Crippen molar-refractivity contribution in [2.75, 3.05) is 13.2 Å². The molecule has 0 aliphatic rings. The molecule has 0 saturated heterocycles. The normalized spacial score (nSPS) is 10.5. The average Bonchev–Trinajstić information content (AvgIpc) is 2.84. The number of aromatic nitrogens is 1. The molecule has 22 heavy (non-hydrogen) atoms. The topological polar surface area (TPSA) is 64.4 Å². The molecule has 1 heterocycles. The molecule has 5 nitrogen and oxygen atoms in total. The number of benzene rings is 1. The zero-order valence-corrected chi connectivity index (χ0v) is 13.1. The number of amides is 1. The monoisotopic (exact) mass is 302 g/mol. The minimum atomic E-state index is 0.0448. The van der Waals surface area contributed by atoms with Crippen LogP contribution in [-0.4, -0.2) is 24.2 Å². The highest BCUT2D eigenvalue weighted by atomic mass is 16.5. The second kappa shape index (κ2) is 8.22. The molecule has 0 unspecified atom stereocenters. The van der Waals surface area contributed by atoms with E-state index >= 15 is 0 Å². The molecule has 118 valence electrons. The Morgan fingerprint density at radius 2 is 2.05 bits per heavy atom. The second-order valence-corrected chi connectivity index (χ2v) is 5.17. The lowest BCUT2D eigenvalue weighted by Gasteiger charge is -2.07. The van der Waals surface area contributed by atoms with Crippen LogP contribution in [0.2, 0.25) is 0 Å².